The van der Waals surface area contributed by atoms with Gasteiger partial charge in [0.15, 0.2) is 5.82 Å². The van der Waals surface area contributed by atoms with Gasteiger partial charge < -0.3 is 10.1 Å². The van der Waals surface area contributed by atoms with E-state index in [9.17, 15) is 4.79 Å². The predicted octanol–water partition coefficient (Wildman–Crippen LogP) is 5.19. The van der Waals surface area contributed by atoms with Crippen LogP contribution in [0.2, 0.25) is 0 Å². The summed E-state index contributed by atoms with van der Waals surface area (Å²) < 4.78 is 4.99. The number of hydrogen-bond acceptors (Lipinski definition) is 5. The average molecular weight is 389 g/mol. The quantitative estimate of drug-likeness (QED) is 0.563. The zero-order chi connectivity index (χ0) is 20.8. The van der Waals surface area contributed by atoms with E-state index in [2.05, 4.69) is 31.3 Å². The highest BCUT2D eigenvalue weighted by Gasteiger charge is 2.22. The number of allylic oxidation sites excluding steroid dienone is 1. The summed E-state index contributed by atoms with van der Waals surface area (Å²) in [6.45, 7) is 6.19. The lowest BCUT2D eigenvalue weighted by Gasteiger charge is -2.20. The van der Waals surface area contributed by atoms with Gasteiger partial charge in [-0.15, -0.1) is 0 Å². The second-order valence-electron chi connectivity index (χ2n) is 7.49. The fourth-order valence-electron chi connectivity index (χ4n) is 3.24. The van der Waals surface area contributed by atoms with Crippen LogP contribution in [0.1, 0.15) is 38.6 Å². The average Bonchev–Trinajstić information content (AvgIpc) is 2.73. The molecule has 0 amide bonds. The van der Waals surface area contributed by atoms with Crippen molar-refractivity contribution in [3.8, 4) is 0 Å². The molecule has 0 saturated carbocycles. The molecule has 0 aliphatic rings. The topological polar surface area (TPSA) is 64.1 Å². The maximum Gasteiger partial charge on any atom is 0.328 e. The molecule has 0 aliphatic carbocycles. The summed E-state index contributed by atoms with van der Waals surface area (Å²) in [5.41, 5.74) is 3.01. The molecule has 0 fully saturated rings. The smallest absolute Gasteiger partial charge is 0.328 e. The molecule has 150 valence electrons. The first kappa shape index (κ1) is 20.5. The van der Waals surface area contributed by atoms with E-state index < -0.39 is 6.04 Å². The number of rotatable bonds is 7. The number of fused-ring (bicyclic) bond motifs is 1. The van der Waals surface area contributed by atoms with Gasteiger partial charge in [0.2, 0.25) is 0 Å². The number of anilines is 1. The van der Waals surface area contributed by atoms with Gasteiger partial charge >= 0.3 is 5.97 Å². The molecule has 2 aromatic carbocycles. The van der Waals surface area contributed by atoms with Crippen molar-refractivity contribution in [1.29, 1.82) is 0 Å². The van der Waals surface area contributed by atoms with E-state index in [-0.39, 0.29) is 5.97 Å². The third kappa shape index (κ3) is 5.19. The molecule has 5 heteroatoms. The van der Waals surface area contributed by atoms with Crippen LogP contribution in [0.25, 0.3) is 22.6 Å². The minimum absolute atomic E-state index is 0.293. The molecule has 0 unspecified atom stereocenters. The Morgan fingerprint density at radius 1 is 1.07 bits per heavy atom. The van der Waals surface area contributed by atoms with E-state index in [0.29, 0.717) is 24.0 Å². The number of ether oxygens (including phenoxy) is 1. The Balaban J connectivity index is 2.03. The van der Waals surface area contributed by atoms with E-state index >= 15 is 0 Å². The van der Waals surface area contributed by atoms with Crippen LogP contribution in [0.5, 0.6) is 0 Å². The van der Waals surface area contributed by atoms with Crippen molar-refractivity contribution in [2.45, 2.75) is 33.2 Å². The highest BCUT2D eigenvalue weighted by molar-refractivity contribution is 5.92. The number of carbonyl (C=O) groups excluding carboxylic acids is 1. The highest BCUT2D eigenvalue weighted by Crippen LogP contribution is 2.24. The second kappa shape index (κ2) is 9.32. The van der Waals surface area contributed by atoms with Crippen LogP contribution in [0.3, 0.4) is 0 Å². The van der Waals surface area contributed by atoms with E-state index in [1.807, 2.05) is 55.5 Å². The molecule has 5 nitrogen and oxygen atoms in total. The van der Waals surface area contributed by atoms with Crippen LogP contribution in [0.15, 0.2) is 54.6 Å². The molecule has 1 aromatic heterocycles. The maximum atomic E-state index is 12.3. The van der Waals surface area contributed by atoms with Crippen molar-refractivity contribution in [3.05, 3.63) is 66.0 Å². The monoisotopic (exact) mass is 389 g/mol. The molecule has 1 heterocycles. The summed E-state index contributed by atoms with van der Waals surface area (Å²) in [5, 5.41) is 4.18. The van der Waals surface area contributed by atoms with E-state index in [4.69, 9.17) is 14.7 Å². The van der Waals surface area contributed by atoms with Crippen molar-refractivity contribution in [2.24, 2.45) is 5.92 Å². The van der Waals surface area contributed by atoms with E-state index in [1.54, 1.807) is 0 Å². The van der Waals surface area contributed by atoms with Crippen molar-refractivity contribution in [3.63, 3.8) is 0 Å². The minimum atomic E-state index is -0.467. The van der Waals surface area contributed by atoms with E-state index in [1.165, 1.54) is 7.11 Å². The zero-order valence-corrected chi connectivity index (χ0v) is 17.3. The summed E-state index contributed by atoms with van der Waals surface area (Å²) in [6.07, 6.45) is 2.61. The van der Waals surface area contributed by atoms with Crippen LogP contribution >= 0.6 is 0 Å². The largest absolute Gasteiger partial charge is 0.467 e. The zero-order valence-electron chi connectivity index (χ0n) is 17.3. The van der Waals surface area contributed by atoms with Crippen molar-refractivity contribution in [1.82, 2.24) is 9.97 Å². The molecular weight excluding hydrogens is 362 g/mol. The number of methoxy groups -OCH3 is 1. The SMILES string of the molecule is COC(=O)[C@H](CC(C)C)Nc1nc(/C=C(\C)c2ccccc2)nc2ccccc12. The molecule has 0 aliphatic heterocycles. The van der Waals surface area contributed by atoms with Crippen LogP contribution in [-0.2, 0) is 9.53 Å². The lowest BCUT2D eigenvalue weighted by molar-refractivity contribution is -0.141. The molecule has 0 bridgehead atoms. The Hall–Kier alpha value is -3.21. The molecule has 0 radical (unpaired) electrons. The third-order valence-corrected chi connectivity index (χ3v) is 4.70. The van der Waals surface area contributed by atoms with Crippen molar-refractivity contribution >= 4 is 34.3 Å². The fraction of sp³-hybridized carbons (Fsp3) is 0.292. The van der Waals surface area contributed by atoms with Gasteiger partial charge in [0.25, 0.3) is 0 Å². The minimum Gasteiger partial charge on any atom is -0.467 e. The molecule has 3 aromatic rings. The normalized spacial score (nSPS) is 12.8. The number of esters is 1. The molecular formula is C24H27N3O2. The molecule has 29 heavy (non-hydrogen) atoms. The lowest BCUT2D eigenvalue weighted by Crippen LogP contribution is -2.32. The van der Waals surface area contributed by atoms with Crippen LogP contribution in [0.4, 0.5) is 5.82 Å². The molecule has 1 atom stereocenters. The number of benzene rings is 2. The van der Waals surface area contributed by atoms with Gasteiger partial charge in [0.1, 0.15) is 11.9 Å². The number of hydrogen-bond donors (Lipinski definition) is 1. The number of para-hydroxylation sites is 1. The Labute approximate surface area is 171 Å². The van der Waals surface area contributed by atoms with Crippen LogP contribution in [0, 0.1) is 5.92 Å². The van der Waals surface area contributed by atoms with Crippen molar-refractivity contribution in [2.75, 3.05) is 12.4 Å². The van der Waals surface area contributed by atoms with Gasteiger partial charge in [-0.05, 0) is 48.6 Å². The Bertz CT molecular complexity index is 1010. The molecule has 1 N–H and O–H groups in total. The number of carbonyl (C=O) groups is 1. The van der Waals surface area contributed by atoms with Gasteiger partial charge in [-0.3, -0.25) is 0 Å². The molecule has 0 spiro atoms. The lowest BCUT2D eigenvalue weighted by atomic mass is 10.0. The van der Waals surface area contributed by atoms with Gasteiger partial charge in [0, 0.05) is 5.39 Å². The van der Waals surface area contributed by atoms with Crippen molar-refractivity contribution < 1.29 is 9.53 Å². The predicted molar refractivity (Wildman–Crippen MR) is 118 cm³/mol. The van der Waals surface area contributed by atoms with Gasteiger partial charge in [0.05, 0.1) is 12.6 Å². The first-order valence-corrected chi connectivity index (χ1v) is 9.82. The Morgan fingerprint density at radius 3 is 2.45 bits per heavy atom. The standard InChI is InChI=1S/C24H27N3O2/c1-16(2)14-21(24(28)29-4)26-23-19-12-8-9-13-20(19)25-22(27-23)15-17(3)18-10-6-5-7-11-18/h5-13,15-16,21H,14H2,1-4H3,(H,25,26,27)/b17-15+/t21-/m0/s1. The summed E-state index contributed by atoms with van der Waals surface area (Å²) in [4.78, 5) is 21.7. The number of aromatic nitrogens is 2. The molecule has 0 saturated heterocycles. The number of nitrogens with one attached hydrogen (secondary N) is 1. The maximum absolute atomic E-state index is 12.3. The fourth-order valence-corrected chi connectivity index (χ4v) is 3.24. The van der Waals surface area contributed by atoms with Crippen LogP contribution < -0.4 is 5.32 Å². The van der Waals surface area contributed by atoms with Gasteiger partial charge in [-0.25, -0.2) is 14.8 Å². The summed E-state index contributed by atoms with van der Waals surface area (Å²) in [7, 11) is 1.41. The summed E-state index contributed by atoms with van der Waals surface area (Å²) in [6, 6.07) is 17.5. The Kier molecular flexibility index (Phi) is 6.60. The second-order valence-corrected chi connectivity index (χ2v) is 7.49. The first-order chi connectivity index (χ1) is 14.0. The first-order valence-electron chi connectivity index (χ1n) is 9.82. The van der Waals surface area contributed by atoms with E-state index in [0.717, 1.165) is 22.0 Å². The summed E-state index contributed by atoms with van der Waals surface area (Å²) >= 11 is 0. The summed E-state index contributed by atoms with van der Waals surface area (Å²) in [5.74, 6) is 1.28. The van der Waals surface area contributed by atoms with Gasteiger partial charge in [-0.2, -0.15) is 0 Å². The third-order valence-electron chi connectivity index (χ3n) is 4.70. The number of nitrogens with zero attached hydrogens (tertiary/aromatic N) is 2. The molecule has 3 rings (SSSR count). The highest BCUT2D eigenvalue weighted by atomic mass is 16.5. The van der Waals surface area contributed by atoms with Gasteiger partial charge in [-0.1, -0.05) is 56.3 Å². The Morgan fingerprint density at radius 2 is 1.76 bits per heavy atom. The van der Waals surface area contributed by atoms with Crippen LogP contribution in [-0.4, -0.2) is 29.1 Å².